The molecule has 0 fully saturated rings. The maximum Gasteiger partial charge on any atom is 0.427 e. The highest BCUT2D eigenvalue weighted by atomic mass is 32.2. The molecule has 0 atom stereocenters. The van der Waals surface area contributed by atoms with Crippen molar-refractivity contribution in [3.05, 3.63) is 36.8 Å². The SMILES string of the molecule is COc1nc(NS(=O)(=O)c2c[nH]c3c2ccc2cc[nH]c23)ncc1OC(F)(F)CF. The van der Waals surface area contributed by atoms with E-state index < -0.39 is 40.4 Å². The molecule has 3 heterocycles. The zero-order valence-electron chi connectivity index (χ0n) is 15.2. The number of aromatic nitrogens is 4. The molecule has 9 nitrogen and oxygen atoms in total. The summed E-state index contributed by atoms with van der Waals surface area (Å²) < 4.78 is 75.4. The van der Waals surface area contributed by atoms with Crippen molar-refractivity contribution < 1.29 is 31.1 Å². The van der Waals surface area contributed by atoms with Crippen molar-refractivity contribution >= 4 is 37.8 Å². The minimum atomic E-state index is -4.15. The Hall–Kier alpha value is -3.48. The fourth-order valence-electron chi connectivity index (χ4n) is 2.90. The second-order valence-corrected chi connectivity index (χ2v) is 7.78. The topological polar surface area (TPSA) is 122 Å². The monoisotopic (exact) mass is 441 g/mol. The number of nitrogens with zero attached hydrogens (tertiary/aromatic N) is 2. The Bertz CT molecular complexity index is 1340. The molecule has 0 bridgehead atoms. The Morgan fingerprint density at radius 2 is 2.00 bits per heavy atom. The molecular formula is C17H14F3N5O4S. The molecule has 3 N–H and O–H groups in total. The summed E-state index contributed by atoms with van der Waals surface area (Å²) >= 11 is 0. The molecule has 1 aromatic carbocycles. The van der Waals surface area contributed by atoms with Gasteiger partial charge in [-0.25, -0.2) is 22.5 Å². The van der Waals surface area contributed by atoms with E-state index >= 15 is 0 Å². The number of ether oxygens (including phenoxy) is 2. The van der Waals surface area contributed by atoms with Crippen LogP contribution in [0, 0.1) is 0 Å². The molecule has 30 heavy (non-hydrogen) atoms. The lowest BCUT2D eigenvalue weighted by molar-refractivity contribution is -0.187. The van der Waals surface area contributed by atoms with Crippen molar-refractivity contribution in [1.82, 2.24) is 19.9 Å². The van der Waals surface area contributed by atoms with Gasteiger partial charge in [-0.2, -0.15) is 13.8 Å². The van der Waals surface area contributed by atoms with Gasteiger partial charge in [-0.3, -0.25) is 0 Å². The van der Waals surface area contributed by atoms with Crippen LogP contribution in [-0.2, 0) is 10.0 Å². The number of H-pyrrole nitrogens is 2. The minimum absolute atomic E-state index is 0.0687. The molecule has 4 rings (SSSR count). The highest BCUT2D eigenvalue weighted by Gasteiger charge is 2.33. The zero-order valence-corrected chi connectivity index (χ0v) is 16.1. The summed E-state index contributed by atoms with van der Waals surface area (Å²) in [7, 11) is -3.05. The number of nitrogens with one attached hydrogen (secondary N) is 3. The number of hydrogen-bond donors (Lipinski definition) is 3. The van der Waals surface area contributed by atoms with Crippen molar-refractivity contribution in [2.75, 3.05) is 18.5 Å². The lowest BCUT2D eigenvalue weighted by Gasteiger charge is -2.16. The first-order valence-corrected chi connectivity index (χ1v) is 9.86. The Morgan fingerprint density at radius 3 is 2.73 bits per heavy atom. The lowest BCUT2D eigenvalue weighted by Crippen LogP contribution is -2.27. The first kappa shape index (κ1) is 19.8. The molecule has 0 aliphatic rings. The third kappa shape index (κ3) is 3.47. The zero-order chi connectivity index (χ0) is 21.5. The van der Waals surface area contributed by atoms with Gasteiger partial charge in [-0.05, 0) is 6.07 Å². The first-order valence-electron chi connectivity index (χ1n) is 8.38. The number of benzene rings is 1. The van der Waals surface area contributed by atoms with Gasteiger partial charge in [0.1, 0.15) is 4.90 Å². The molecule has 13 heteroatoms. The Morgan fingerprint density at radius 1 is 1.20 bits per heavy atom. The molecule has 0 aliphatic heterocycles. The number of sulfonamides is 1. The summed E-state index contributed by atoms with van der Waals surface area (Å²) in [5.41, 5.74) is 1.33. The maximum atomic E-state index is 13.1. The van der Waals surface area contributed by atoms with Gasteiger partial charge >= 0.3 is 6.11 Å². The second kappa shape index (κ2) is 7.09. The smallest absolute Gasteiger partial charge is 0.427 e. The van der Waals surface area contributed by atoms with E-state index in [-0.39, 0.29) is 4.90 Å². The number of hydrogen-bond acceptors (Lipinski definition) is 6. The summed E-state index contributed by atoms with van der Waals surface area (Å²) in [5, 5.41) is 1.32. The minimum Gasteiger partial charge on any atom is -0.478 e. The van der Waals surface area contributed by atoms with Crippen LogP contribution in [0.2, 0.25) is 0 Å². The van der Waals surface area contributed by atoms with Crippen LogP contribution in [0.4, 0.5) is 19.1 Å². The molecule has 0 spiro atoms. The Balaban J connectivity index is 1.67. The number of halogens is 3. The highest BCUT2D eigenvalue weighted by molar-refractivity contribution is 7.93. The van der Waals surface area contributed by atoms with Gasteiger partial charge in [0.15, 0.2) is 6.67 Å². The number of fused-ring (bicyclic) bond motifs is 3. The van der Waals surface area contributed by atoms with Gasteiger partial charge in [0.05, 0.1) is 24.3 Å². The van der Waals surface area contributed by atoms with Crippen molar-refractivity contribution in [3.8, 4) is 11.6 Å². The van der Waals surface area contributed by atoms with E-state index in [1.165, 1.54) is 6.20 Å². The fraction of sp³-hybridized carbons (Fsp3) is 0.176. The molecule has 3 aromatic heterocycles. The first-order chi connectivity index (χ1) is 14.2. The van der Waals surface area contributed by atoms with Gasteiger partial charge in [0.25, 0.3) is 15.9 Å². The average Bonchev–Trinajstić information content (AvgIpc) is 3.35. The third-order valence-corrected chi connectivity index (χ3v) is 5.55. The number of methoxy groups -OCH3 is 1. The van der Waals surface area contributed by atoms with E-state index in [0.29, 0.717) is 10.9 Å². The van der Waals surface area contributed by atoms with Crippen LogP contribution < -0.4 is 14.2 Å². The van der Waals surface area contributed by atoms with Crippen LogP contribution in [-0.4, -0.2) is 48.2 Å². The number of rotatable bonds is 7. The molecule has 4 aromatic rings. The molecule has 0 saturated carbocycles. The number of anilines is 1. The summed E-state index contributed by atoms with van der Waals surface area (Å²) in [5.74, 6) is -1.59. The summed E-state index contributed by atoms with van der Waals surface area (Å²) in [4.78, 5) is 13.2. The van der Waals surface area contributed by atoms with Crippen molar-refractivity contribution in [2.24, 2.45) is 0 Å². The van der Waals surface area contributed by atoms with E-state index in [9.17, 15) is 21.6 Å². The van der Waals surface area contributed by atoms with Crippen LogP contribution in [0.15, 0.2) is 41.7 Å². The normalized spacial score (nSPS) is 12.4. The molecular weight excluding hydrogens is 427 g/mol. The van der Waals surface area contributed by atoms with Crippen molar-refractivity contribution in [1.29, 1.82) is 0 Å². The predicted molar refractivity (Wildman–Crippen MR) is 101 cm³/mol. The van der Waals surface area contributed by atoms with Crippen LogP contribution in [0.5, 0.6) is 11.6 Å². The van der Waals surface area contributed by atoms with E-state index in [2.05, 4.69) is 29.4 Å². The summed E-state index contributed by atoms with van der Waals surface area (Å²) in [6.07, 6.45) is -0.312. The van der Waals surface area contributed by atoms with Gasteiger partial charge in [0.2, 0.25) is 11.7 Å². The summed E-state index contributed by atoms with van der Waals surface area (Å²) in [6, 6.07) is 5.25. The molecule has 0 aliphatic carbocycles. The predicted octanol–water partition coefficient (Wildman–Crippen LogP) is 3.19. The van der Waals surface area contributed by atoms with Crippen LogP contribution >= 0.6 is 0 Å². The van der Waals surface area contributed by atoms with E-state index in [4.69, 9.17) is 4.74 Å². The molecule has 0 amide bonds. The van der Waals surface area contributed by atoms with Crippen LogP contribution in [0.1, 0.15) is 0 Å². The number of alkyl halides is 3. The van der Waals surface area contributed by atoms with Gasteiger partial charge < -0.3 is 19.4 Å². The van der Waals surface area contributed by atoms with Gasteiger partial charge in [0, 0.05) is 23.2 Å². The summed E-state index contributed by atoms with van der Waals surface area (Å²) in [6.45, 7) is -2.07. The largest absolute Gasteiger partial charge is 0.478 e. The molecule has 0 saturated heterocycles. The maximum absolute atomic E-state index is 13.1. The standard InChI is InChI=1S/C17H14F3N5O4S/c1-28-15-11(29-17(19,20)8-18)6-23-16(24-15)25-30(26,27)12-7-22-14-10(12)3-2-9-4-5-21-13(9)14/h2-7,21-22H,8H2,1H3,(H,23,24,25). The van der Waals surface area contributed by atoms with Crippen LogP contribution in [0.25, 0.3) is 21.8 Å². The molecule has 0 radical (unpaired) electrons. The average molecular weight is 441 g/mol. The molecule has 0 unspecified atom stereocenters. The van der Waals surface area contributed by atoms with E-state index in [1.807, 2.05) is 6.07 Å². The molecule has 158 valence electrons. The van der Waals surface area contributed by atoms with Gasteiger partial charge in [-0.15, -0.1) is 0 Å². The quantitative estimate of drug-likeness (QED) is 0.405. The van der Waals surface area contributed by atoms with Crippen molar-refractivity contribution in [3.63, 3.8) is 0 Å². The van der Waals surface area contributed by atoms with Crippen molar-refractivity contribution in [2.45, 2.75) is 11.0 Å². The lowest BCUT2D eigenvalue weighted by atomic mass is 10.2. The fourth-order valence-corrected chi connectivity index (χ4v) is 4.03. The van der Waals surface area contributed by atoms with Gasteiger partial charge in [-0.1, -0.05) is 12.1 Å². The Kier molecular flexibility index (Phi) is 4.68. The third-order valence-electron chi connectivity index (χ3n) is 4.19. The highest BCUT2D eigenvalue weighted by Crippen LogP contribution is 2.32. The van der Waals surface area contributed by atoms with E-state index in [1.54, 1.807) is 18.3 Å². The second-order valence-electron chi connectivity index (χ2n) is 6.13. The number of aromatic amines is 2. The van der Waals surface area contributed by atoms with Crippen LogP contribution in [0.3, 0.4) is 0 Å². The van der Waals surface area contributed by atoms with E-state index in [0.717, 1.165) is 24.2 Å². The Labute approximate surface area is 167 Å².